The van der Waals surface area contributed by atoms with Gasteiger partial charge in [-0.1, -0.05) is 6.07 Å². The fraction of sp³-hybridized carbons (Fsp3) is 0.385. The average Bonchev–Trinajstić information content (AvgIpc) is 2.74. The molecule has 0 aliphatic carbocycles. The summed E-state index contributed by atoms with van der Waals surface area (Å²) in [5, 5.41) is 7.68. The highest BCUT2D eigenvalue weighted by molar-refractivity contribution is 9.10. The molecule has 5 heteroatoms. The van der Waals surface area contributed by atoms with Gasteiger partial charge >= 0.3 is 0 Å². The Kier molecular flexibility index (Phi) is 4.14. The molecule has 2 aromatic heterocycles. The van der Waals surface area contributed by atoms with Crippen molar-refractivity contribution in [2.24, 2.45) is 0 Å². The Morgan fingerprint density at radius 3 is 2.89 bits per heavy atom. The number of hydrogen-bond acceptors (Lipinski definition) is 3. The summed E-state index contributed by atoms with van der Waals surface area (Å²) < 4.78 is 2.99. The molecule has 2 heterocycles. The molecule has 4 nitrogen and oxygen atoms in total. The summed E-state index contributed by atoms with van der Waals surface area (Å²) in [6, 6.07) is 4.08. The molecule has 0 fully saturated rings. The molecule has 0 spiro atoms. The van der Waals surface area contributed by atoms with Gasteiger partial charge in [-0.05, 0) is 48.5 Å². The number of pyridine rings is 1. The van der Waals surface area contributed by atoms with Gasteiger partial charge in [0.25, 0.3) is 0 Å². The average molecular weight is 309 g/mol. The van der Waals surface area contributed by atoms with Crippen molar-refractivity contribution in [2.45, 2.75) is 26.4 Å². The second kappa shape index (κ2) is 5.63. The van der Waals surface area contributed by atoms with E-state index < -0.39 is 0 Å². The molecule has 1 unspecified atom stereocenters. The van der Waals surface area contributed by atoms with Crippen LogP contribution in [-0.4, -0.2) is 21.8 Å². The highest BCUT2D eigenvalue weighted by Gasteiger charge is 2.22. The second-order valence-corrected chi connectivity index (χ2v) is 4.98. The van der Waals surface area contributed by atoms with Gasteiger partial charge in [-0.25, -0.2) is 0 Å². The third-order valence-electron chi connectivity index (χ3n) is 3.02. The quantitative estimate of drug-likeness (QED) is 0.944. The third-order valence-corrected chi connectivity index (χ3v) is 3.63. The molecule has 1 N–H and O–H groups in total. The van der Waals surface area contributed by atoms with Crippen molar-refractivity contribution in [3.05, 3.63) is 46.0 Å². The number of halogens is 1. The van der Waals surface area contributed by atoms with Crippen LogP contribution < -0.4 is 5.32 Å². The summed E-state index contributed by atoms with van der Waals surface area (Å²) in [6.45, 7) is 5.00. The fourth-order valence-corrected chi connectivity index (χ4v) is 2.64. The van der Waals surface area contributed by atoms with Crippen LogP contribution in [0.4, 0.5) is 0 Å². The maximum atomic E-state index is 4.50. The van der Waals surface area contributed by atoms with Crippen LogP contribution >= 0.6 is 15.9 Å². The van der Waals surface area contributed by atoms with E-state index in [1.807, 2.05) is 30.2 Å². The van der Waals surface area contributed by atoms with Crippen molar-refractivity contribution in [1.82, 2.24) is 20.1 Å². The number of aromatic nitrogens is 3. The lowest BCUT2D eigenvalue weighted by Gasteiger charge is -2.19. The first-order valence-corrected chi connectivity index (χ1v) is 6.78. The Morgan fingerprint density at radius 1 is 1.50 bits per heavy atom. The van der Waals surface area contributed by atoms with E-state index >= 15 is 0 Å². The number of nitrogens with zero attached hydrogens (tertiary/aromatic N) is 3. The predicted octanol–water partition coefficient (Wildman–Crippen LogP) is 2.68. The van der Waals surface area contributed by atoms with Crippen molar-refractivity contribution in [1.29, 1.82) is 0 Å². The lowest BCUT2D eigenvalue weighted by Crippen LogP contribution is -2.23. The van der Waals surface area contributed by atoms with Crippen LogP contribution in [0.2, 0.25) is 0 Å². The summed E-state index contributed by atoms with van der Waals surface area (Å²) in [7, 11) is 1.94. The smallest absolute Gasteiger partial charge is 0.0933 e. The molecule has 0 aliphatic rings. The minimum absolute atomic E-state index is 0.0445. The molecule has 0 aromatic carbocycles. The number of hydrogen-bond donors (Lipinski definition) is 1. The normalized spacial score (nSPS) is 12.7. The highest BCUT2D eigenvalue weighted by atomic mass is 79.9. The Bertz CT molecular complexity index is 536. The van der Waals surface area contributed by atoms with Crippen LogP contribution in [0.5, 0.6) is 0 Å². The van der Waals surface area contributed by atoms with Gasteiger partial charge in [0, 0.05) is 12.7 Å². The Balaban J connectivity index is 2.52. The number of nitrogens with one attached hydrogen (secondary N) is 1. The van der Waals surface area contributed by atoms with Crippen molar-refractivity contribution in [2.75, 3.05) is 7.05 Å². The highest BCUT2D eigenvalue weighted by Crippen LogP contribution is 2.28. The van der Waals surface area contributed by atoms with E-state index in [2.05, 4.69) is 51.2 Å². The van der Waals surface area contributed by atoms with Gasteiger partial charge in [0.2, 0.25) is 0 Å². The van der Waals surface area contributed by atoms with Crippen molar-refractivity contribution >= 4 is 15.9 Å². The van der Waals surface area contributed by atoms with Crippen LogP contribution in [0.3, 0.4) is 0 Å². The summed E-state index contributed by atoms with van der Waals surface area (Å²) in [6.07, 6.45) is 3.66. The van der Waals surface area contributed by atoms with Gasteiger partial charge in [-0.3, -0.25) is 9.67 Å². The molecule has 1 atom stereocenters. The maximum absolute atomic E-state index is 4.50. The molecule has 0 radical (unpaired) electrons. The van der Waals surface area contributed by atoms with E-state index in [0.717, 1.165) is 22.4 Å². The van der Waals surface area contributed by atoms with Crippen molar-refractivity contribution in [3.8, 4) is 0 Å². The molecule has 0 aliphatic heterocycles. The number of rotatable bonds is 4. The predicted molar refractivity (Wildman–Crippen MR) is 75.5 cm³/mol. The zero-order chi connectivity index (χ0) is 13.1. The van der Waals surface area contributed by atoms with Gasteiger partial charge in [-0.15, -0.1) is 0 Å². The van der Waals surface area contributed by atoms with E-state index in [4.69, 9.17) is 0 Å². The minimum atomic E-state index is 0.0445. The Morgan fingerprint density at radius 2 is 2.28 bits per heavy atom. The molecule has 0 amide bonds. The molecule has 18 heavy (non-hydrogen) atoms. The monoisotopic (exact) mass is 308 g/mol. The summed E-state index contributed by atoms with van der Waals surface area (Å²) in [4.78, 5) is 4.50. The van der Waals surface area contributed by atoms with Crippen LogP contribution in [0.1, 0.15) is 29.9 Å². The summed E-state index contributed by atoms with van der Waals surface area (Å²) >= 11 is 3.57. The Labute approximate surface area is 116 Å². The summed E-state index contributed by atoms with van der Waals surface area (Å²) in [5.41, 5.74) is 3.32. The first-order valence-electron chi connectivity index (χ1n) is 5.99. The van der Waals surface area contributed by atoms with E-state index in [1.54, 1.807) is 0 Å². The fourth-order valence-electron chi connectivity index (χ4n) is 2.11. The zero-order valence-corrected chi connectivity index (χ0v) is 12.4. The molecular formula is C13H17BrN4. The first-order chi connectivity index (χ1) is 8.69. The van der Waals surface area contributed by atoms with Gasteiger partial charge in [0.1, 0.15) is 0 Å². The molecule has 2 aromatic rings. The Hall–Kier alpha value is -1.20. The van der Waals surface area contributed by atoms with Gasteiger partial charge in [0.05, 0.1) is 28.1 Å². The molecule has 0 bridgehead atoms. The van der Waals surface area contributed by atoms with Crippen molar-refractivity contribution < 1.29 is 0 Å². The molecule has 96 valence electrons. The third kappa shape index (κ3) is 2.33. The minimum Gasteiger partial charge on any atom is -0.307 e. The van der Waals surface area contributed by atoms with E-state index in [0.29, 0.717) is 0 Å². The number of aryl methyl sites for hydroxylation is 2. The second-order valence-electron chi connectivity index (χ2n) is 4.12. The molecule has 2 rings (SSSR count). The van der Waals surface area contributed by atoms with Gasteiger partial charge < -0.3 is 5.32 Å². The summed E-state index contributed by atoms with van der Waals surface area (Å²) in [5.74, 6) is 0. The van der Waals surface area contributed by atoms with E-state index in [1.165, 1.54) is 5.56 Å². The first kappa shape index (κ1) is 13.2. The lowest BCUT2D eigenvalue weighted by molar-refractivity contribution is 0.552. The van der Waals surface area contributed by atoms with Crippen LogP contribution in [0, 0.1) is 6.92 Å². The molecular weight excluding hydrogens is 292 g/mol. The lowest BCUT2D eigenvalue weighted by atomic mass is 10.1. The SMILES string of the molecule is CCn1ncc(Br)c1C(NC)c1ncccc1C. The topological polar surface area (TPSA) is 42.7 Å². The molecule has 0 saturated carbocycles. The van der Waals surface area contributed by atoms with Crippen molar-refractivity contribution in [3.63, 3.8) is 0 Å². The zero-order valence-electron chi connectivity index (χ0n) is 10.8. The van der Waals surface area contributed by atoms with Crippen LogP contribution in [0.15, 0.2) is 29.0 Å². The molecule has 0 saturated heterocycles. The van der Waals surface area contributed by atoms with Crippen LogP contribution in [-0.2, 0) is 6.54 Å². The van der Waals surface area contributed by atoms with E-state index in [-0.39, 0.29) is 6.04 Å². The van der Waals surface area contributed by atoms with Crippen LogP contribution in [0.25, 0.3) is 0 Å². The maximum Gasteiger partial charge on any atom is 0.0933 e. The van der Waals surface area contributed by atoms with Gasteiger partial charge in [-0.2, -0.15) is 5.10 Å². The standard InChI is InChI=1S/C13H17BrN4/c1-4-18-13(10(14)8-17-18)12(15-3)11-9(2)6-5-7-16-11/h5-8,12,15H,4H2,1-3H3. The van der Waals surface area contributed by atoms with Gasteiger partial charge in [0.15, 0.2) is 0 Å². The largest absolute Gasteiger partial charge is 0.307 e. The van der Waals surface area contributed by atoms with E-state index in [9.17, 15) is 0 Å².